The van der Waals surface area contributed by atoms with Gasteiger partial charge in [0.05, 0.1) is 18.4 Å². The first-order chi connectivity index (χ1) is 14.0. The average Bonchev–Trinajstić information content (AvgIpc) is 2.73. The predicted octanol–water partition coefficient (Wildman–Crippen LogP) is 2.60. The monoisotopic (exact) mass is 397 g/mol. The Labute approximate surface area is 170 Å². The summed E-state index contributed by atoms with van der Waals surface area (Å²) in [6.45, 7) is 3.77. The standard InChI is InChI=1S/C21H27N5O3/c1-14(27)26-9-3-4-15(13-26)11-23-19-10-20(24-12-18(19)21(22)28)25-16-5-7-17(29-2)8-6-16/h5-8,10,12,15H,3-4,9,11,13H2,1-2H3,(H2,22,28)(H2,23,24,25)/t15-/m0/s1. The largest absolute Gasteiger partial charge is 0.497 e. The van der Waals surface area contributed by atoms with Crippen LogP contribution in [0.5, 0.6) is 5.75 Å². The van der Waals surface area contributed by atoms with Crippen LogP contribution < -0.4 is 21.1 Å². The number of anilines is 3. The normalized spacial score (nSPS) is 16.2. The summed E-state index contributed by atoms with van der Waals surface area (Å²) in [6, 6.07) is 9.24. The van der Waals surface area contributed by atoms with Gasteiger partial charge in [0.2, 0.25) is 5.91 Å². The van der Waals surface area contributed by atoms with E-state index in [1.807, 2.05) is 29.2 Å². The second-order valence-electron chi connectivity index (χ2n) is 7.19. The first-order valence-corrected chi connectivity index (χ1v) is 9.66. The van der Waals surface area contributed by atoms with Gasteiger partial charge in [0.25, 0.3) is 5.91 Å². The summed E-state index contributed by atoms with van der Waals surface area (Å²) < 4.78 is 5.16. The van der Waals surface area contributed by atoms with Crippen molar-refractivity contribution in [2.75, 3.05) is 37.4 Å². The number of hydrogen-bond acceptors (Lipinski definition) is 6. The zero-order chi connectivity index (χ0) is 20.8. The molecule has 8 heteroatoms. The highest BCUT2D eigenvalue weighted by Crippen LogP contribution is 2.24. The van der Waals surface area contributed by atoms with Gasteiger partial charge in [-0.25, -0.2) is 4.98 Å². The van der Waals surface area contributed by atoms with Gasteiger partial charge in [-0.1, -0.05) is 0 Å². The van der Waals surface area contributed by atoms with E-state index in [4.69, 9.17) is 10.5 Å². The lowest BCUT2D eigenvalue weighted by Gasteiger charge is -2.32. The lowest BCUT2D eigenvalue weighted by molar-refractivity contribution is -0.130. The molecule has 2 amide bonds. The highest BCUT2D eigenvalue weighted by molar-refractivity contribution is 5.98. The molecular weight excluding hydrogens is 370 g/mol. The molecule has 29 heavy (non-hydrogen) atoms. The van der Waals surface area contributed by atoms with Gasteiger partial charge in [0.1, 0.15) is 11.6 Å². The molecule has 3 rings (SSSR count). The van der Waals surface area contributed by atoms with Gasteiger partial charge in [-0.15, -0.1) is 0 Å². The van der Waals surface area contributed by atoms with Crippen LogP contribution in [0.25, 0.3) is 0 Å². The number of piperidine rings is 1. The maximum atomic E-state index is 11.8. The number of likely N-dealkylation sites (tertiary alicyclic amines) is 1. The number of hydrogen-bond donors (Lipinski definition) is 3. The summed E-state index contributed by atoms with van der Waals surface area (Å²) in [7, 11) is 1.62. The van der Waals surface area contributed by atoms with Crippen LogP contribution in [0.2, 0.25) is 0 Å². The first kappa shape index (κ1) is 20.4. The minimum absolute atomic E-state index is 0.0995. The fourth-order valence-corrected chi connectivity index (χ4v) is 3.46. The molecule has 1 atom stereocenters. The average molecular weight is 397 g/mol. The van der Waals surface area contributed by atoms with Crippen molar-refractivity contribution < 1.29 is 14.3 Å². The van der Waals surface area contributed by atoms with Gasteiger partial charge >= 0.3 is 0 Å². The van der Waals surface area contributed by atoms with Crippen LogP contribution >= 0.6 is 0 Å². The number of amides is 2. The van der Waals surface area contributed by atoms with Crippen LogP contribution in [0.3, 0.4) is 0 Å². The number of carbonyl (C=O) groups excluding carboxylic acids is 2. The molecule has 0 aliphatic carbocycles. The summed E-state index contributed by atoms with van der Waals surface area (Å²) in [5, 5.41) is 6.54. The Kier molecular flexibility index (Phi) is 6.54. The van der Waals surface area contributed by atoms with Crippen LogP contribution in [0.4, 0.5) is 17.2 Å². The second kappa shape index (κ2) is 9.27. The number of rotatable bonds is 7. The highest BCUT2D eigenvalue weighted by Gasteiger charge is 2.22. The number of primary amides is 1. The van der Waals surface area contributed by atoms with E-state index < -0.39 is 5.91 Å². The number of ether oxygens (including phenoxy) is 1. The van der Waals surface area contributed by atoms with Gasteiger partial charge in [-0.3, -0.25) is 9.59 Å². The van der Waals surface area contributed by atoms with Gasteiger partial charge in [0, 0.05) is 44.5 Å². The van der Waals surface area contributed by atoms with Crippen LogP contribution in [0, 0.1) is 5.92 Å². The molecule has 0 radical (unpaired) electrons. The van der Waals surface area contributed by atoms with E-state index in [-0.39, 0.29) is 5.91 Å². The lowest BCUT2D eigenvalue weighted by atomic mass is 9.97. The first-order valence-electron chi connectivity index (χ1n) is 9.66. The number of carbonyl (C=O) groups is 2. The number of methoxy groups -OCH3 is 1. The Morgan fingerprint density at radius 1 is 1.31 bits per heavy atom. The lowest BCUT2D eigenvalue weighted by Crippen LogP contribution is -2.40. The topological polar surface area (TPSA) is 110 Å². The molecule has 4 N–H and O–H groups in total. The van der Waals surface area contributed by atoms with Crippen LogP contribution in [-0.2, 0) is 4.79 Å². The van der Waals surface area contributed by atoms with E-state index in [9.17, 15) is 9.59 Å². The molecule has 1 aliphatic heterocycles. The Hall–Kier alpha value is -3.29. The van der Waals surface area contributed by atoms with E-state index in [0.717, 1.165) is 37.4 Å². The zero-order valence-electron chi connectivity index (χ0n) is 16.8. The molecule has 154 valence electrons. The molecule has 2 aromatic rings. The fourth-order valence-electron chi connectivity index (χ4n) is 3.46. The molecule has 1 saturated heterocycles. The molecule has 0 spiro atoms. The van der Waals surface area contributed by atoms with Crippen LogP contribution in [0.15, 0.2) is 36.5 Å². The molecule has 2 heterocycles. The number of nitrogens with one attached hydrogen (secondary N) is 2. The van der Waals surface area contributed by atoms with Crippen molar-refractivity contribution in [3.63, 3.8) is 0 Å². The molecule has 0 bridgehead atoms. The van der Waals surface area contributed by atoms with E-state index in [1.54, 1.807) is 20.1 Å². The maximum Gasteiger partial charge on any atom is 0.252 e. The van der Waals surface area contributed by atoms with Crippen molar-refractivity contribution in [1.29, 1.82) is 0 Å². The number of nitrogens with two attached hydrogens (primary N) is 1. The molecular formula is C21H27N5O3. The molecule has 0 saturated carbocycles. The Morgan fingerprint density at radius 2 is 2.07 bits per heavy atom. The fraction of sp³-hybridized carbons (Fsp3) is 0.381. The third kappa shape index (κ3) is 5.37. The zero-order valence-corrected chi connectivity index (χ0v) is 16.8. The van der Waals surface area contributed by atoms with Crippen molar-refractivity contribution >= 4 is 29.0 Å². The molecule has 1 fully saturated rings. The van der Waals surface area contributed by atoms with Crippen molar-refractivity contribution in [3.05, 3.63) is 42.1 Å². The summed E-state index contributed by atoms with van der Waals surface area (Å²) in [5.41, 5.74) is 7.33. The third-order valence-electron chi connectivity index (χ3n) is 5.08. The quantitative estimate of drug-likeness (QED) is 0.663. The maximum absolute atomic E-state index is 11.8. The van der Waals surface area contributed by atoms with Crippen molar-refractivity contribution in [2.45, 2.75) is 19.8 Å². The summed E-state index contributed by atoms with van der Waals surface area (Å²) in [5.74, 6) is 1.24. The molecule has 8 nitrogen and oxygen atoms in total. The molecule has 1 aromatic heterocycles. The number of pyridine rings is 1. The summed E-state index contributed by atoms with van der Waals surface area (Å²) >= 11 is 0. The van der Waals surface area contributed by atoms with Crippen LogP contribution in [-0.4, -0.2) is 48.4 Å². The van der Waals surface area contributed by atoms with Gasteiger partial charge in [-0.05, 0) is 43.0 Å². The van der Waals surface area contributed by atoms with Gasteiger partial charge in [-0.2, -0.15) is 0 Å². The summed E-state index contributed by atoms with van der Waals surface area (Å²) in [6.07, 6.45) is 3.49. The molecule has 1 aromatic carbocycles. The minimum Gasteiger partial charge on any atom is -0.497 e. The van der Waals surface area contributed by atoms with E-state index in [0.29, 0.717) is 29.5 Å². The second-order valence-corrected chi connectivity index (χ2v) is 7.19. The Morgan fingerprint density at radius 3 is 2.72 bits per heavy atom. The number of benzene rings is 1. The predicted molar refractivity (Wildman–Crippen MR) is 112 cm³/mol. The van der Waals surface area contributed by atoms with Crippen LogP contribution in [0.1, 0.15) is 30.1 Å². The van der Waals surface area contributed by atoms with Crippen molar-refractivity contribution in [2.24, 2.45) is 11.7 Å². The SMILES string of the molecule is COc1ccc(Nc2cc(NC[C@@H]3CCCN(C(C)=O)C3)c(C(N)=O)cn2)cc1. The Balaban J connectivity index is 1.71. The van der Waals surface area contributed by atoms with E-state index >= 15 is 0 Å². The molecule has 1 aliphatic rings. The van der Waals surface area contributed by atoms with E-state index in [2.05, 4.69) is 15.6 Å². The van der Waals surface area contributed by atoms with Crippen molar-refractivity contribution in [1.82, 2.24) is 9.88 Å². The molecule has 0 unspecified atom stereocenters. The minimum atomic E-state index is -0.537. The summed E-state index contributed by atoms with van der Waals surface area (Å²) in [4.78, 5) is 29.6. The number of aromatic nitrogens is 1. The Bertz CT molecular complexity index is 869. The number of nitrogens with zero attached hydrogens (tertiary/aromatic N) is 2. The van der Waals surface area contributed by atoms with Gasteiger partial charge < -0.3 is 26.0 Å². The van der Waals surface area contributed by atoms with Gasteiger partial charge in [0.15, 0.2) is 0 Å². The third-order valence-corrected chi connectivity index (χ3v) is 5.08. The highest BCUT2D eigenvalue weighted by atomic mass is 16.5. The van der Waals surface area contributed by atoms with Crippen molar-refractivity contribution in [3.8, 4) is 5.75 Å². The smallest absolute Gasteiger partial charge is 0.252 e. The van der Waals surface area contributed by atoms with E-state index in [1.165, 1.54) is 6.20 Å².